The average Bonchev–Trinajstić information content (AvgIpc) is 3.07. The predicted octanol–water partition coefficient (Wildman–Crippen LogP) is 3.01. The standard InChI is InChI=1S/C16H21N3O/c1-19(10-11-5-2-3-6-11)16(20)14-9-12-7-4-8-13(17)15(12)18-14/h4,7-9,11,18H,2-3,5-6,10,17H2,1H3. The molecule has 0 aliphatic heterocycles. The molecule has 3 N–H and O–H groups in total. The number of nitrogen functional groups attached to an aromatic ring is 1. The highest BCUT2D eigenvalue weighted by Gasteiger charge is 2.21. The minimum atomic E-state index is 0.0486. The van der Waals surface area contributed by atoms with Gasteiger partial charge < -0.3 is 15.6 Å². The van der Waals surface area contributed by atoms with Gasteiger partial charge in [0.25, 0.3) is 5.91 Å². The summed E-state index contributed by atoms with van der Waals surface area (Å²) in [5, 5.41) is 0.989. The van der Waals surface area contributed by atoms with Crippen LogP contribution in [0.15, 0.2) is 24.3 Å². The van der Waals surface area contributed by atoms with Crippen LogP contribution < -0.4 is 5.73 Å². The Labute approximate surface area is 118 Å². The second-order valence-corrected chi connectivity index (χ2v) is 5.83. The number of H-pyrrole nitrogens is 1. The van der Waals surface area contributed by atoms with Crippen molar-refractivity contribution >= 4 is 22.5 Å². The molecule has 1 fully saturated rings. The van der Waals surface area contributed by atoms with Gasteiger partial charge in [-0.1, -0.05) is 25.0 Å². The fourth-order valence-electron chi connectivity index (χ4n) is 3.16. The largest absolute Gasteiger partial charge is 0.397 e. The van der Waals surface area contributed by atoms with Gasteiger partial charge in [0, 0.05) is 19.0 Å². The van der Waals surface area contributed by atoms with E-state index in [1.54, 1.807) is 0 Å². The lowest BCUT2D eigenvalue weighted by molar-refractivity contribution is 0.0768. The molecule has 1 aromatic carbocycles. The van der Waals surface area contributed by atoms with Crippen molar-refractivity contribution in [2.75, 3.05) is 19.3 Å². The van der Waals surface area contributed by atoms with Gasteiger partial charge in [-0.15, -0.1) is 0 Å². The number of aromatic amines is 1. The molecule has 0 spiro atoms. The molecule has 1 saturated carbocycles. The molecule has 4 heteroatoms. The highest BCUT2D eigenvalue weighted by atomic mass is 16.2. The van der Waals surface area contributed by atoms with Gasteiger partial charge in [-0.2, -0.15) is 0 Å². The first-order valence-corrected chi connectivity index (χ1v) is 7.28. The number of hydrogen-bond donors (Lipinski definition) is 2. The number of fused-ring (bicyclic) bond motifs is 1. The number of rotatable bonds is 3. The maximum atomic E-state index is 12.5. The number of para-hydroxylation sites is 1. The van der Waals surface area contributed by atoms with E-state index in [-0.39, 0.29) is 5.91 Å². The molecule has 1 aromatic heterocycles. The molecule has 1 heterocycles. The molecule has 106 valence electrons. The van der Waals surface area contributed by atoms with Crippen LogP contribution in [0.4, 0.5) is 5.69 Å². The van der Waals surface area contributed by atoms with Crippen LogP contribution in [0.5, 0.6) is 0 Å². The van der Waals surface area contributed by atoms with Crippen molar-refractivity contribution in [1.29, 1.82) is 0 Å². The van der Waals surface area contributed by atoms with Crippen molar-refractivity contribution in [2.45, 2.75) is 25.7 Å². The number of aromatic nitrogens is 1. The van der Waals surface area contributed by atoms with Crippen LogP contribution in [0.1, 0.15) is 36.2 Å². The van der Waals surface area contributed by atoms with Crippen molar-refractivity contribution < 1.29 is 4.79 Å². The third-order valence-corrected chi connectivity index (χ3v) is 4.27. The summed E-state index contributed by atoms with van der Waals surface area (Å²) in [5.41, 5.74) is 8.08. The fourth-order valence-corrected chi connectivity index (χ4v) is 3.16. The molecule has 3 rings (SSSR count). The molecule has 1 amide bonds. The summed E-state index contributed by atoms with van der Waals surface area (Å²) in [5.74, 6) is 0.714. The summed E-state index contributed by atoms with van der Waals surface area (Å²) >= 11 is 0. The number of carbonyl (C=O) groups excluding carboxylic acids is 1. The smallest absolute Gasteiger partial charge is 0.270 e. The molecule has 20 heavy (non-hydrogen) atoms. The van der Waals surface area contributed by atoms with Crippen LogP contribution in [0.3, 0.4) is 0 Å². The molecule has 0 radical (unpaired) electrons. The number of benzene rings is 1. The van der Waals surface area contributed by atoms with Crippen molar-refractivity contribution in [1.82, 2.24) is 9.88 Å². The lowest BCUT2D eigenvalue weighted by Crippen LogP contribution is -2.31. The Morgan fingerprint density at radius 1 is 1.40 bits per heavy atom. The maximum Gasteiger partial charge on any atom is 0.270 e. The van der Waals surface area contributed by atoms with Gasteiger partial charge in [0.15, 0.2) is 0 Å². The molecular weight excluding hydrogens is 250 g/mol. The Balaban J connectivity index is 1.79. The summed E-state index contributed by atoms with van der Waals surface area (Å²) in [6.07, 6.45) is 5.10. The number of nitrogens with two attached hydrogens (primary N) is 1. The van der Waals surface area contributed by atoms with E-state index in [9.17, 15) is 4.79 Å². The van der Waals surface area contributed by atoms with E-state index in [1.807, 2.05) is 36.2 Å². The molecule has 4 nitrogen and oxygen atoms in total. The van der Waals surface area contributed by atoms with Gasteiger partial charge in [-0.3, -0.25) is 4.79 Å². The zero-order valence-corrected chi connectivity index (χ0v) is 11.9. The number of hydrogen-bond acceptors (Lipinski definition) is 2. The summed E-state index contributed by atoms with van der Waals surface area (Å²) < 4.78 is 0. The van der Waals surface area contributed by atoms with Crippen molar-refractivity contribution in [3.8, 4) is 0 Å². The SMILES string of the molecule is CN(CC1CCCC1)C(=O)c1cc2cccc(N)c2[nH]1. The Hall–Kier alpha value is -1.97. The van der Waals surface area contributed by atoms with Gasteiger partial charge in [0.05, 0.1) is 11.2 Å². The van der Waals surface area contributed by atoms with E-state index in [4.69, 9.17) is 5.73 Å². The maximum absolute atomic E-state index is 12.5. The monoisotopic (exact) mass is 271 g/mol. The molecule has 0 bridgehead atoms. The zero-order chi connectivity index (χ0) is 14.1. The molecule has 2 aromatic rings. The molecule has 0 saturated heterocycles. The van der Waals surface area contributed by atoms with Crippen molar-refractivity contribution in [3.63, 3.8) is 0 Å². The number of amides is 1. The van der Waals surface area contributed by atoms with E-state index in [2.05, 4.69) is 4.98 Å². The van der Waals surface area contributed by atoms with E-state index in [0.29, 0.717) is 17.3 Å². The summed E-state index contributed by atoms with van der Waals surface area (Å²) in [4.78, 5) is 17.5. The summed E-state index contributed by atoms with van der Waals surface area (Å²) in [6, 6.07) is 7.60. The average molecular weight is 271 g/mol. The van der Waals surface area contributed by atoms with Gasteiger partial charge >= 0.3 is 0 Å². The lowest BCUT2D eigenvalue weighted by atomic mass is 10.1. The summed E-state index contributed by atoms with van der Waals surface area (Å²) in [7, 11) is 1.88. The van der Waals surface area contributed by atoms with Crippen molar-refractivity contribution in [2.24, 2.45) is 5.92 Å². The first-order chi connectivity index (χ1) is 9.65. The molecule has 1 aliphatic carbocycles. The molecule has 0 unspecified atom stereocenters. The van der Waals surface area contributed by atoms with Crippen LogP contribution in [-0.2, 0) is 0 Å². The molecule has 0 atom stereocenters. The predicted molar refractivity (Wildman–Crippen MR) is 81.6 cm³/mol. The highest BCUT2D eigenvalue weighted by molar-refractivity contribution is 6.00. The number of nitrogens with zero attached hydrogens (tertiary/aromatic N) is 1. The first kappa shape index (κ1) is 13.0. The van der Waals surface area contributed by atoms with Crippen LogP contribution in [0.2, 0.25) is 0 Å². The third-order valence-electron chi connectivity index (χ3n) is 4.27. The number of carbonyl (C=O) groups is 1. The Bertz CT molecular complexity index is 626. The van der Waals surface area contributed by atoms with Gasteiger partial charge in [0.1, 0.15) is 5.69 Å². The second-order valence-electron chi connectivity index (χ2n) is 5.83. The first-order valence-electron chi connectivity index (χ1n) is 7.28. The van der Waals surface area contributed by atoms with E-state index >= 15 is 0 Å². The van der Waals surface area contributed by atoms with Crippen LogP contribution in [0, 0.1) is 5.92 Å². The Morgan fingerprint density at radius 2 is 2.15 bits per heavy atom. The number of nitrogens with one attached hydrogen (secondary N) is 1. The van der Waals surface area contributed by atoms with E-state index in [0.717, 1.165) is 17.4 Å². The molecule has 1 aliphatic rings. The van der Waals surface area contributed by atoms with Gasteiger partial charge in [-0.05, 0) is 30.9 Å². The van der Waals surface area contributed by atoms with Crippen LogP contribution in [0.25, 0.3) is 10.9 Å². The zero-order valence-electron chi connectivity index (χ0n) is 11.9. The Kier molecular flexibility index (Phi) is 3.38. The van der Waals surface area contributed by atoms with Crippen molar-refractivity contribution in [3.05, 3.63) is 30.0 Å². The normalized spacial score (nSPS) is 15.8. The van der Waals surface area contributed by atoms with Gasteiger partial charge in [0.2, 0.25) is 0 Å². The quantitative estimate of drug-likeness (QED) is 0.843. The number of anilines is 1. The highest BCUT2D eigenvalue weighted by Crippen LogP contribution is 2.26. The van der Waals surface area contributed by atoms with Crippen LogP contribution >= 0.6 is 0 Å². The minimum Gasteiger partial charge on any atom is -0.397 e. The van der Waals surface area contributed by atoms with E-state index in [1.165, 1.54) is 25.7 Å². The lowest BCUT2D eigenvalue weighted by Gasteiger charge is -2.20. The fraction of sp³-hybridized carbons (Fsp3) is 0.438. The second kappa shape index (κ2) is 5.19. The topological polar surface area (TPSA) is 62.1 Å². The Morgan fingerprint density at radius 3 is 2.85 bits per heavy atom. The van der Waals surface area contributed by atoms with E-state index < -0.39 is 0 Å². The third kappa shape index (κ3) is 2.38. The minimum absolute atomic E-state index is 0.0486. The molecular formula is C16H21N3O. The van der Waals surface area contributed by atoms with Crippen LogP contribution in [-0.4, -0.2) is 29.4 Å². The van der Waals surface area contributed by atoms with Gasteiger partial charge in [-0.25, -0.2) is 0 Å². The summed E-state index contributed by atoms with van der Waals surface area (Å²) in [6.45, 7) is 0.851.